The summed E-state index contributed by atoms with van der Waals surface area (Å²) in [4.78, 5) is 33.7. The summed E-state index contributed by atoms with van der Waals surface area (Å²) in [6.07, 6.45) is -5.08. The molecule has 4 rings (SSSR count). The van der Waals surface area contributed by atoms with E-state index in [0.717, 1.165) is 43.4 Å². The number of hydrogen-bond acceptors (Lipinski definition) is 8. The van der Waals surface area contributed by atoms with Crippen molar-refractivity contribution in [2.24, 2.45) is 7.05 Å². The fourth-order valence-electron chi connectivity index (χ4n) is 3.64. The summed E-state index contributed by atoms with van der Waals surface area (Å²) in [5.41, 5.74) is 1.83. The number of imidazole rings is 1. The SMILES string of the molecule is CC#CCn1c(N2CCNCC2)nc2nc(NCc3ccc(OC)cc3)n(C)c(=O)c21.O=C(O)C(F)(F)F. The van der Waals surface area contributed by atoms with Crippen molar-refractivity contribution in [2.45, 2.75) is 26.2 Å². The summed E-state index contributed by atoms with van der Waals surface area (Å²) in [5, 5.41) is 13.7. The minimum absolute atomic E-state index is 0.144. The maximum atomic E-state index is 13.3. The standard InChI is InChI=1S/C22H27N7O2.C2HF3O2/c1-4-5-12-29-18-19(26-22(29)28-13-10-23-11-14-28)25-21(27(2)20(18)30)24-15-16-6-8-17(31-3)9-7-16;3-2(4,5)1(6)7/h6-9,23H,10-15H2,1-3H3,(H,24,25);(H,6,7). The van der Waals surface area contributed by atoms with E-state index >= 15 is 0 Å². The van der Waals surface area contributed by atoms with Crippen molar-refractivity contribution in [3.05, 3.63) is 40.2 Å². The van der Waals surface area contributed by atoms with Crippen LogP contribution in [0.25, 0.3) is 11.2 Å². The molecule has 3 aromatic rings. The summed E-state index contributed by atoms with van der Waals surface area (Å²) in [5.74, 6) is 5.25. The van der Waals surface area contributed by atoms with Crippen LogP contribution in [0.15, 0.2) is 29.1 Å². The van der Waals surface area contributed by atoms with Crippen LogP contribution in [0.2, 0.25) is 0 Å². The van der Waals surface area contributed by atoms with Crippen LogP contribution in [-0.4, -0.2) is 69.6 Å². The molecule has 0 saturated carbocycles. The number of carboxylic acids is 1. The van der Waals surface area contributed by atoms with Crippen LogP contribution in [-0.2, 0) is 24.9 Å². The molecule has 3 heterocycles. The van der Waals surface area contributed by atoms with Crippen LogP contribution in [0.4, 0.5) is 25.1 Å². The zero-order valence-corrected chi connectivity index (χ0v) is 21.1. The average molecular weight is 536 g/mol. The summed E-state index contributed by atoms with van der Waals surface area (Å²) < 4.78 is 40.4. The Hall–Kier alpha value is -4.25. The maximum Gasteiger partial charge on any atom is 0.490 e. The number of ether oxygens (including phenoxy) is 1. The largest absolute Gasteiger partial charge is 0.497 e. The average Bonchev–Trinajstić information content (AvgIpc) is 3.27. The first-order valence-electron chi connectivity index (χ1n) is 11.6. The number of piperazine rings is 1. The molecule has 3 N–H and O–H groups in total. The second kappa shape index (κ2) is 12.3. The molecule has 38 heavy (non-hydrogen) atoms. The third kappa shape index (κ3) is 6.74. The Labute approximate surface area is 216 Å². The molecule has 0 atom stereocenters. The highest BCUT2D eigenvalue weighted by molar-refractivity contribution is 5.76. The number of aliphatic carboxylic acids is 1. The number of anilines is 2. The van der Waals surface area contributed by atoms with E-state index in [-0.39, 0.29) is 5.56 Å². The van der Waals surface area contributed by atoms with Gasteiger partial charge in [0, 0.05) is 39.8 Å². The first-order chi connectivity index (χ1) is 18.1. The third-order valence-corrected chi connectivity index (χ3v) is 5.63. The van der Waals surface area contributed by atoms with Crippen molar-refractivity contribution in [2.75, 3.05) is 43.5 Å². The molecule has 0 spiro atoms. The zero-order valence-electron chi connectivity index (χ0n) is 21.1. The Bertz CT molecular complexity index is 1380. The van der Waals surface area contributed by atoms with Crippen molar-refractivity contribution in [3.63, 3.8) is 0 Å². The first kappa shape index (κ1) is 28.3. The van der Waals surface area contributed by atoms with E-state index in [9.17, 15) is 18.0 Å². The predicted molar refractivity (Wildman–Crippen MR) is 135 cm³/mol. The van der Waals surface area contributed by atoms with Gasteiger partial charge in [-0.05, 0) is 24.6 Å². The van der Waals surface area contributed by atoms with E-state index in [4.69, 9.17) is 19.6 Å². The van der Waals surface area contributed by atoms with Crippen LogP contribution in [0.3, 0.4) is 0 Å². The Morgan fingerprint density at radius 3 is 2.39 bits per heavy atom. The Kier molecular flexibility index (Phi) is 9.19. The lowest BCUT2D eigenvalue weighted by Gasteiger charge is -2.28. The minimum atomic E-state index is -5.08. The number of nitrogens with zero attached hydrogens (tertiary/aromatic N) is 5. The van der Waals surface area contributed by atoms with Crippen LogP contribution in [0.5, 0.6) is 5.75 Å². The molecule has 1 aliphatic heterocycles. The van der Waals surface area contributed by atoms with Gasteiger partial charge < -0.3 is 25.4 Å². The van der Waals surface area contributed by atoms with Gasteiger partial charge in [-0.3, -0.25) is 13.9 Å². The van der Waals surface area contributed by atoms with Crippen molar-refractivity contribution in [1.29, 1.82) is 0 Å². The minimum Gasteiger partial charge on any atom is -0.497 e. The number of methoxy groups -OCH3 is 1. The molecule has 14 heteroatoms. The van der Waals surface area contributed by atoms with Gasteiger partial charge in [-0.25, -0.2) is 4.79 Å². The number of carbonyl (C=O) groups is 1. The van der Waals surface area contributed by atoms with E-state index in [2.05, 4.69) is 32.4 Å². The van der Waals surface area contributed by atoms with Crippen molar-refractivity contribution < 1.29 is 27.8 Å². The predicted octanol–water partition coefficient (Wildman–Crippen LogP) is 1.82. The summed E-state index contributed by atoms with van der Waals surface area (Å²) in [6, 6.07) is 7.76. The molecule has 11 nitrogen and oxygen atoms in total. The van der Waals surface area contributed by atoms with Crippen molar-refractivity contribution in [3.8, 4) is 17.6 Å². The molecule has 0 aliphatic carbocycles. The van der Waals surface area contributed by atoms with Crippen molar-refractivity contribution in [1.82, 2.24) is 24.4 Å². The lowest BCUT2D eigenvalue weighted by molar-refractivity contribution is -0.192. The van der Waals surface area contributed by atoms with Gasteiger partial charge in [-0.2, -0.15) is 23.1 Å². The lowest BCUT2D eigenvalue weighted by Crippen LogP contribution is -2.44. The normalized spacial score (nSPS) is 13.3. The van der Waals surface area contributed by atoms with Gasteiger partial charge in [0.1, 0.15) is 5.75 Å². The molecule has 1 aromatic carbocycles. The molecule has 1 fully saturated rings. The Morgan fingerprint density at radius 2 is 1.84 bits per heavy atom. The van der Waals surface area contributed by atoms with Gasteiger partial charge in [-0.15, -0.1) is 5.92 Å². The Balaban J connectivity index is 0.000000505. The summed E-state index contributed by atoms with van der Waals surface area (Å²) in [7, 11) is 3.36. The molecule has 1 aliphatic rings. The number of rotatable bonds is 6. The van der Waals surface area contributed by atoms with Crippen LogP contribution in [0, 0.1) is 11.8 Å². The molecular formula is C24H28F3N7O4. The molecule has 0 unspecified atom stereocenters. The van der Waals surface area contributed by atoms with E-state index in [1.165, 1.54) is 4.57 Å². The molecular weight excluding hydrogens is 507 g/mol. The maximum absolute atomic E-state index is 13.3. The van der Waals surface area contributed by atoms with Gasteiger partial charge in [0.2, 0.25) is 11.9 Å². The molecule has 1 saturated heterocycles. The second-order valence-corrected chi connectivity index (χ2v) is 8.14. The molecule has 2 aromatic heterocycles. The van der Waals surface area contributed by atoms with E-state index in [0.29, 0.717) is 30.2 Å². The summed E-state index contributed by atoms with van der Waals surface area (Å²) >= 11 is 0. The first-order valence-corrected chi connectivity index (χ1v) is 11.6. The fraction of sp³-hybridized carbons (Fsp3) is 0.417. The number of carboxylic acid groups (broad SMARTS) is 1. The number of benzene rings is 1. The van der Waals surface area contributed by atoms with Crippen LogP contribution < -0.4 is 25.8 Å². The number of aromatic nitrogens is 4. The zero-order chi connectivity index (χ0) is 27.9. The molecule has 0 bridgehead atoms. The van der Waals surface area contributed by atoms with Gasteiger partial charge in [0.05, 0.1) is 13.7 Å². The van der Waals surface area contributed by atoms with Crippen LogP contribution >= 0.6 is 0 Å². The van der Waals surface area contributed by atoms with Crippen LogP contribution in [0.1, 0.15) is 12.5 Å². The highest BCUT2D eigenvalue weighted by atomic mass is 19.4. The quantitative estimate of drug-likeness (QED) is 0.405. The van der Waals surface area contributed by atoms with E-state index in [1.54, 1.807) is 21.1 Å². The monoisotopic (exact) mass is 535 g/mol. The Morgan fingerprint density at radius 1 is 1.21 bits per heavy atom. The second-order valence-electron chi connectivity index (χ2n) is 8.14. The summed E-state index contributed by atoms with van der Waals surface area (Å²) in [6.45, 7) is 6.13. The third-order valence-electron chi connectivity index (χ3n) is 5.63. The molecule has 0 radical (unpaired) electrons. The van der Waals surface area contributed by atoms with Gasteiger partial charge in [-0.1, -0.05) is 18.1 Å². The fourth-order valence-corrected chi connectivity index (χ4v) is 3.64. The highest BCUT2D eigenvalue weighted by Gasteiger charge is 2.38. The highest BCUT2D eigenvalue weighted by Crippen LogP contribution is 2.21. The molecule has 204 valence electrons. The van der Waals surface area contributed by atoms with E-state index < -0.39 is 12.1 Å². The number of hydrogen-bond donors (Lipinski definition) is 3. The number of fused-ring (bicyclic) bond motifs is 1. The molecule has 0 amide bonds. The van der Waals surface area contributed by atoms with Gasteiger partial charge in [0.25, 0.3) is 5.56 Å². The number of halogens is 3. The van der Waals surface area contributed by atoms with Gasteiger partial charge >= 0.3 is 12.1 Å². The van der Waals surface area contributed by atoms with Gasteiger partial charge in [0.15, 0.2) is 11.2 Å². The smallest absolute Gasteiger partial charge is 0.490 e. The van der Waals surface area contributed by atoms with Crippen molar-refractivity contribution >= 4 is 29.0 Å². The number of nitrogens with one attached hydrogen (secondary N) is 2. The lowest BCUT2D eigenvalue weighted by atomic mass is 10.2. The van der Waals surface area contributed by atoms with E-state index in [1.807, 2.05) is 28.8 Å². The topological polar surface area (TPSA) is 127 Å². The number of alkyl halides is 3.